The molecule has 4 rings (SSSR count). The molecule has 1 aromatic heterocycles. The number of hydrogen-bond donors (Lipinski definition) is 0. The molecule has 0 saturated carbocycles. The summed E-state index contributed by atoms with van der Waals surface area (Å²) in [7, 11) is 4.01. The van der Waals surface area contributed by atoms with Crippen LogP contribution in [0.4, 0.5) is 5.69 Å². The van der Waals surface area contributed by atoms with E-state index in [1.54, 1.807) is 11.3 Å². The molecule has 3 aromatic rings. The third-order valence-corrected chi connectivity index (χ3v) is 6.27. The first-order valence-electron chi connectivity index (χ1n) is 9.04. The predicted molar refractivity (Wildman–Crippen MR) is 108 cm³/mol. The predicted octanol–water partition coefficient (Wildman–Crippen LogP) is 4.38. The van der Waals surface area contributed by atoms with E-state index in [4.69, 9.17) is 4.98 Å². The van der Waals surface area contributed by atoms with Crippen LogP contribution in [0.2, 0.25) is 0 Å². The van der Waals surface area contributed by atoms with E-state index in [1.807, 2.05) is 54.2 Å². The Kier molecular flexibility index (Phi) is 4.64. The van der Waals surface area contributed by atoms with Gasteiger partial charge in [-0.15, -0.1) is 11.3 Å². The number of rotatable bonds is 3. The number of carbonyl (C=O) groups excluding carboxylic acids is 1. The van der Waals surface area contributed by atoms with Gasteiger partial charge < -0.3 is 9.80 Å². The van der Waals surface area contributed by atoms with Gasteiger partial charge in [-0.05, 0) is 49.2 Å². The molecule has 0 spiro atoms. The van der Waals surface area contributed by atoms with Gasteiger partial charge in [0, 0.05) is 44.4 Å². The van der Waals surface area contributed by atoms with Gasteiger partial charge in [0.1, 0.15) is 0 Å². The van der Waals surface area contributed by atoms with Crippen LogP contribution in [0, 0.1) is 0 Å². The van der Waals surface area contributed by atoms with Gasteiger partial charge in [0.15, 0.2) is 0 Å². The molecular weight excluding hydrogens is 342 g/mol. The molecule has 0 aliphatic carbocycles. The van der Waals surface area contributed by atoms with Gasteiger partial charge in [0.2, 0.25) is 0 Å². The van der Waals surface area contributed by atoms with Crippen LogP contribution in [0.1, 0.15) is 34.1 Å². The second-order valence-corrected chi connectivity index (χ2v) is 8.09. The zero-order valence-corrected chi connectivity index (χ0v) is 16.0. The van der Waals surface area contributed by atoms with Crippen LogP contribution in [0.25, 0.3) is 10.2 Å². The van der Waals surface area contributed by atoms with E-state index in [2.05, 4.69) is 18.2 Å². The first-order valence-corrected chi connectivity index (χ1v) is 9.85. The SMILES string of the molecule is CN(C)c1ccc(C(=O)N2CCC(c3nc4ccccc4s3)CC2)cc1. The van der Waals surface area contributed by atoms with E-state index in [1.165, 1.54) is 9.71 Å². The van der Waals surface area contributed by atoms with Crippen molar-refractivity contribution in [3.63, 3.8) is 0 Å². The van der Waals surface area contributed by atoms with E-state index in [9.17, 15) is 4.79 Å². The van der Waals surface area contributed by atoms with Gasteiger partial charge in [0.25, 0.3) is 5.91 Å². The molecule has 2 heterocycles. The van der Waals surface area contributed by atoms with Crippen LogP contribution in [0.3, 0.4) is 0 Å². The van der Waals surface area contributed by atoms with Crippen LogP contribution in [0.15, 0.2) is 48.5 Å². The van der Waals surface area contributed by atoms with Crippen LogP contribution >= 0.6 is 11.3 Å². The maximum atomic E-state index is 12.8. The molecule has 0 bridgehead atoms. The number of piperidine rings is 1. The molecule has 4 nitrogen and oxygen atoms in total. The Morgan fingerprint density at radius 3 is 2.42 bits per heavy atom. The Morgan fingerprint density at radius 2 is 1.77 bits per heavy atom. The highest BCUT2D eigenvalue weighted by Crippen LogP contribution is 2.34. The molecule has 0 N–H and O–H groups in total. The lowest BCUT2D eigenvalue weighted by Crippen LogP contribution is -2.37. The number of para-hydroxylation sites is 1. The molecule has 1 aliphatic rings. The van der Waals surface area contributed by atoms with Gasteiger partial charge in [0.05, 0.1) is 15.2 Å². The minimum Gasteiger partial charge on any atom is -0.378 e. The minimum atomic E-state index is 0.137. The molecule has 0 unspecified atom stereocenters. The van der Waals surface area contributed by atoms with Crippen molar-refractivity contribution < 1.29 is 4.79 Å². The molecule has 134 valence electrons. The van der Waals surface area contributed by atoms with Crippen molar-refractivity contribution >= 4 is 33.1 Å². The average molecular weight is 366 g/mol. The van der Waals surface area contributed by atoms with Crippen LogP contribution in [-0.2, 0) is 0 Å². The maximum Gasteiger partial charge on any atom is 0.253 e. The normalized spacial score (nSPS) is 15.4. The third kappa shape index (κ3) is 3.31. The zero-order valence-electron chi connectivity index (χ0n) is 15.2. The molecule has 1 fully saturated rings. The van der Waals surface area contributed by atoms with E-state index < -0.39 is 0 Å². The summed E-state index contributed by atoms with van der Waals surface area (Å²) in [5, 5.41) is 1.22. The third-order valence-electron chi connectivity index (χ3n) is 5.07. The van der Waals surface area contributed by atoms with Crippen LogP contribution in [0.5, 0.6) is 0 Å². The zero-order chi connectivity index (χ0) is 18.1. The molecule has 2 aromatic carbocycles. The number of amides is 1. The van der Waals surface area contributed by atoms with Gasteiger partial charge >= 0.3 is 0 Å². The number of hydrogen-bond acceptors (Lipinski definition) is 4. The van der Waals surface area contributed by atoms with Crippen molar-refractivity contribution in [3.05, 3.63) is 59.1 Å². The van der Waals surface area contributed by atoms with E-state index in [0.29, 0.717) is 5.92 Å². The van der Waals surface area contributed by atoms with E-state index >= 15 is 0 Å². The Hall–Kier alpha value is -2.40. The second-order valence-electron chi connectivity index (χ2n) is 7.03. The second kappa shape index (κ2) is 7.08. The number of thiazole rings is 1. The Balaban J connectivity index is 1.41. The molecule has 0 atom stereocenters. The fourth-order valence-electron chi connectivity index (χ4n) is 3.48. The smallest absolute Gasteiger partial charge is 0.253 e. The van der Waals surface area contributed by atoms with Crippen molar-refractivity contribution in [1.82, 2.24) is 9.88 Å². The van der Waals surface area contributed by atoms with Gasteiger partial charge in [-0.1, -0.05) is 12.1 Å². The molecule has 1 aliphatic heterocycles. The summed E-state index contributed by atoms with van der Waals surface area (Å²) in [6.07, 6.45) is 1.97. The molecular formula is C21H23N3OS. The number of nitrogens with zero attached hydrogens (tertiary/aromatic N) is 3. The Bertz CT molecular complexity index is 875. The summed E-state index contributed by atoms with van der Waals surface area (Å²) in [5.74, 6) is 0.602. The van der Waals surface area contributed by atoms with E-state index in [0.717, 1.165) is 42.7 Å². The van der Waals surface area contributed by atoms with Gasteiger partial charge in [-0.25, -0.2) is 4.98 Å². The van der Waals surface area contributed by atoms with Crippen LogP contribution in [-0.4, -0.2) is 43.0 Å². The van der Waals surface area contributed by atoms with Crippen molar-refractivity contribution in [3.8, 4) is 0 Å². The summed E-state index contributed by atoms with van der Waals surface area (Å²) < 4.78 is 1.25. The number of fused-ring (bicyclic) bond motifs is 1. The number of likely N-dealkylation sites (tertiary alicyclic amines) is 1. The first kappa shape index (κ1) is 17.0. The number of aromatic nitrogens is 1. The Morgan fingerprint density at radius 1 is 1.08 bits per heavy atom. The number of benzene rings is 2. The van der Waals surface area contributed by atoms with Crippen molar-refractivity contribution in [2.75, 3.05) is 32.1 Å². The fraction of sp³-hybridized carbons (Fsp3) is 0.333. The van der Waals surface area contributed by atoms with Crippen molar-refractivity contribution in [2.45, 2.75) is 18.8 Å². The fourth-order valence-corrected chi connectivity index (χ4v) is 4.62. The number of carbonyl (C=O) groups is 1. The monoisotopic (exact) mass is 365 g/mol. The molecule has 1 saturated heterocycles. The van der Waals surface area contributed by atoms with Crippen LogP contribution < -0.4 is 4.90 Å². The molecule has 1 amide bonds. The lowest BCUT2D eigenvalue weighted by Gasteiger charge is -2.31. The van der Waals surface area contributed by atoms with Crippen molar-refractivity contribution in [2.24, 2.45) is 0 Å². The Labute approximate surface area is 158 Å². The lowest BCUT2D eigenvalue weighted by atomic mass is 9.97. The van der Waals surface area contributed by atoms with Crippen molar-refractivity contribution in [1.29, 1.82) is 0 Å². The molecule has 5 heteroatoms. The standard InChI is InChI=1S/C21H23N3OS/c1-23(2)17-9-7-16(8-10-17)21(25)24-13-11-15(12-14-24)20-22-18-5-3-4-6-19(18)26-20/h3-10,15H,11-14H2,1-2H3. The first-order chi connectivity index (χ1) is 12.6. The van der Waals surface area contributed by atoms with Gasteiger partial charge in [-0.2, -0.15) is 0 Å². The highest BCUT2D eigenvalue weighted by atomic mass is 32.1. The largest absolute Gasteiger partial charge is 0.378 e. The summed E-state index contributed by atoms with van der Waals surface area (Å²) in [6, 6.07) is 16.2. The number of anilines is 1. The highest BCUT2D eigenvalue weighted by molar-refractivity contribution is 7.18. The lowest BCUT2D eigenvalue weighted by molar-refractivity contribution is 0.0713. The molecule has 0 radical (unpaired) electrons. The van der Waals surface area contributed by atoms with E-state index in [-0.39, 0.29) is 5.91 Å². The molecule has 26 heavy (non-hydrogen) atoms. The highest BCUT2D eigenvalue weighted by Gasteiger charge is 2.26. The summed E-state index contributed by atoms with van der Waals surface area (Å²) >= 11 is 1.79. The average Bonchev–Trinajstić information content (AvgIpc) is 3.12. The summed E-state index contributed by atoms with van der Waals surface area (Å²) in [5.41, 5.74) is 2.97. The topological polar surface area (TPSA) is 36.4 Å². The summed E-state index contributed by atoms with van der Waals surface area (Å²) in [6.45, 7) is 1.60. The minimum absolute atomic E-state index is 0.137. The van der Waals surface area contributed by atoms with Gasteiger partial charge in [-0.3, -0.25) is 4.79 Å². The summed E-state index contributed by atoms with van der Waals surface area (Å²) in [4.78, 5) is 21.6. The quantitative estimate of drug-likeness (QED) is 0.691. The maximum absolute atomic E-state index is 12.8.